The fourth-order valence-corrected chi connectivity index (χ4v) is 5.37. The van der Waals surface area contributed by atoms with Crippen molar-refractivity contribution in [3.05, 3.63) is 88.7 Å². The molecule has 3 aromatic carbocycles. The molecular weight excluding hydrogens is 498 g/mol. The first-order valence-electron chi connectivity index (χ1n) is 11.3. The molecule has 1 aromatic heterocycles. The quantitative estimate of drug-likeness (QED) is 0.324. The summed E-state index contributed by atoms with van der Waals surface area (Å²) in [5, 5.41) is 5.40. The van der Waals surface area contributed by atoms with Gasteiger partial charge in [-0.1, -0.05) is 53.6 Å². The van der Waals surface area contributed by atoms with Crippen LogP contribution in [0.1, 0.15) is 23.9 Å². The Balaban J connectivity index is 1.71. The molecular formula is C27H26ClN3O4S. The van der Waals surface area contributed by atoms with Crippen molar-refractivity contribution in [1.29, 1.82) is 0 Å². The average molecular weight is 524 g/mol. The van der Waals surface area contributed by atoms with E-state index >= 15 is 0 Å². The number of halogens is 1. The molecule has 1 heterocycles. The van der Waals surface area contributed by atoms with Gasteiger partial charge in [0.2, 0.25) is 0 Å². The third kappa shape index (κ3) is 5.15. The lowest BCUT2D eigenvalue weighted by molar-refractivity contribution is 0.158. The van der Waals surface area contributed by atoms with Gasteiger partial charge in [-0.2, -0.15) is 5.10 Å². The Bertz CT molecular complexity index is 1530. The number of carbonyl (C=O) groups excluding carboxylic acids is 1. The maximum absolute atomic E-state index is 12.9. The average Bonchev–Trinajstić information content (AvgIpc) is 3.13. The number of benzene rings is 3. The van der Waals surface area contributed by atoms with Gasteiger partial charge in [-0.25, -0.2) is 22.6 Å². The first-order valence-corrected chi connectivity index (χ1v) is 13.2. The Kier molecular flexibility index (Phi) is 7.19. The normalized spacial score (nSPS) is 11.4. The van der Waals surface area contributed by atoms with E-state index in [4.69, 9.17) is 21.4 Å². The summed E-state index contributed by atoms with van der Waals surface area (Å²) in [6.07, 6.45) is -1.01. The van der Waals surface area contributed by atoms with Gasteiger partial charge in [0.1, 0.15) is 0 Å². The topological polar surface area (TPSA) is 90.3 Å². The van der Waals surface area contributed by atoms with Crippen LogP contribution >= 0.6 is 11.6 Å². The largest absolute Gasteiger partial charge is 0.449 e. The van der Waals surface area contributed by atoms with Crippen molar-refractivity contribution in [2.75, 3.05) is 6.61 Å². The molecule has 0 radical (unpaired) electrons. The SMILES string of the molecule is CCOC(=O)NS(=O)(=O)c1ccc(C)cc1-c1ccc(-n2nc(C)c(-c3ccc(Cl)cc3)c2C)cc1. The molecule has 4 rings (SSSR count). The van der Waals surface area contributed by atoms with Crippen LogP contribution in [0.5, 0.6) is 0 Å². The molecule has 36 heavy (non-hydrogen) atoms. The molecule has 1 amide bonds. The number of hydrogen-bond donors (Lipinski definition) is 1. The number of nitrogens with zero attached hydrogens (tertiary/aromatic N) is 2. The molecule has 0 aliphatic carbocycles. The number of carbonyl (C=O) groups is 1. The van der Waals surface area contributed by atoms with E-state index in [2.05, 4.69) is 0 Å². The van der Waals surface area contributed by atoms with E-state index < -0.39 is 16.1 Å². The van der Waals surface area contributed by atoms with Crippen LogP contribution in [0.4, 0.5) is 4.79 Å². The molecule has 0 atom stereocenters. The zero-order chi connectivity index (χ0) is 26.0. The molecule has 4 aromatic rings. The number of hydrogen-bond acceptors (Lipinski definition) is 5. The van der Waals surface area contributed by atoms with Crippen LogP contribution in [-0.2, 0) is 14.8 Å². The molecule has 0 aliphatic heterocycles. The Labute approximate surface area is 215 Å². The van der Waals surface area contributed by atoms with Gasteiger partial charge < -0.3 is 4.74 Å². The highest BCUT2D eigenvalue weighted by molar-refractivity contribution is 7.90. The first-order chi connectivity index (χ1) is 17.1. The van der Waals surface area contributed by atoms with E-state index in [1.54, 1.807) is 19.1 Å². The molecule has 0 spiro atoms. The lowest BCUT2D eigenvalue weighted by Crippen LogP contribution is -2.31. The maximum atomic E-state index is 12.9. The van der Waals surface area contributed by atoms with Crippen LogP contribution in [0, 0.1) is 20.8 Å². The van der Waals surface area contributed by atoms with Gasteiger partial charge in [0.05, 0.1) is 22.9 Å². The highest BCUT2D eigenvalue weighted by atomic mass is 35.5. The van der Waals surface area contributed by atoms with Gasteiger partial charge in [-0.05, 0) is 69.2 Å². The van der Waals surface area contributed by atoms with E-state index in [0.29, 0.717) is 16.1 Å². The predicted molar refractivity (Wildman–Crippen MR) is 141 cm³/mol. The van der Waals surface area contributed by atoms with E-state index in [9.17, 15) is 13.2 Å². The number of aryl methyl sites for hydroxylation is 2. The number of amides is 1. The summed E-state index contributed by atoms with van der Waals surface area (Å²) >= 11 is 6.05. The summed E-state index contributed by atoms with van der Waals surface area (Å²) in [5.74, 6) is 0. The standard InChI is InChI=1S/C27H26ClN3O4S/c1-5-35-27(32)30-36(33,34)25-15-6-17(2)16-24(25)20-9-13-23(14-10-20)31-19(4)26(18(3)29-31)21-7-11-22(28)12-8-21/h6-16H,5H2,1-4H3,(H,30,32). The van der Waals surface area contributed by atoms with Crippen molar-refractivity contribution < 1.29 is 17.9 Å². The third-order valence-corrected chi connectivity index (χ3v) is 7.39. The molecule has 0 unspecified atom stereocenters. The second-order valence-corrected chi connectivity index (χ2v) is 10.4. The molecule has 1 N–H and O–H groups in total. The molecule has 0 aliphatic rings. The van der Waals surface area contributed by atoms with Crippen LogP contribution in [0.2, 0.25) is 5.02 Å². The van der Waals surface area contributed by atoms with E-state index in [-0.39, 0.29) is 11.5 Å². The van der Waals surface area contributed by atoms with Gasteiger partial charge in [0.25, 0.3) is 10.0 Å². The zero-order valence-electron chi connectivity index (χ0n) is 20.4. The second kappa shape index (κ2) is 10.2. The minimum absolute atomic E-state index is 0.00922. The van der Waals surface area contributed by atoms with Crippen molar-refractivity contribution in [1.82, 2.24) is 14.5 Å². The van der Waals surface area contributed by atoms with E-state index in [0.717, 1.165) is 33.8 Å². The van der Waals surface area contributed by atoms with Crippen LogP contribution < -0.4 is 4.72 Å². The summed E-state index contributed by atoms with van der Waals surface area (Å²) in [7, 11) is -4.13. The summed E-state index contributed by atoms with van der Waals surface area (Å²) in [6.45, 7) is 7.51. The fourth-order valence-electron chi connectivity index (χ4n) is 4.14. The molecule has 0 saturated heterocycles. The van der Waals surface area contributed by atoms with Crippen molar-refractivity contribution >= 4 is 27.7 Å². The summed E-state index contributed by atoms with van der Waals surface area (Å²) in [4.78, 5) is 11.8. The molecule has 7 nitrogen and oxygen atoms in total. The number of nitrogens with one attached hydrogen (secondary N) is 1. The highest BCUT2D eigenvalue weighted by Crippen LogP contribution is 2.32. The Morgan fingerprint density at radius 3 is 2.25 bits per heavy atom. The molecule has 0 bridgehead atoms. The van der Waals surface area contributed by atoms with Crippen LogP contribution in [0.25, 0.3) is 27.9 Å². The van der Waals surface area contributed by atoms with Crippen molar-refractivity contribution in [2.45, 2.75) is 32.6 Å². The van der Waals surface area contributed by atoms with Crippen molar-refractivity contribution in [3.8, 4) is 27.9 Å². The van der Waals surface area contributed by atoms with Crippen molar-refractivity contribution in [2.24, 2.45) is 0 Å². The lowest BCUT2D eigenvalue weighted by Gasteiger charge is -2.13. The monoisotopic (exact) mass is 523 g/mol. The minimum atomic E-state index is -4.13. The molecule has 0 saturated carbocycles. The Morgan fingerprint density at radius 2 is 1.61 bits per heavy atom. The van der Waals surface area contributed by atoms with Gasteiger partial charge in [-0.3, -0.25) is 0 Å². The first kappa shape index (κ1) is 25.5. The second-order valence-electron chi connectivity index (χ2n) is 8.34. The van der Waals surface area contributed by atoms with Gasteiger partial charge >= 0.3 is 6.09 Å². The molecule has 9 heteroatoms. The summed E-state index contributed by atoms with van der Waals surface area (Å²) in [6, 6.07) is 20.0. The van der Waals surface area contributed by atoms with Crippen LogP contribution in [0.3, 0.4) is 0 Å². The highest BCUT2D eigenvalue weighted by Gasteiger charge is 2.23. The summed E-state index contributed by atoms with van der Waals surface area (Å²) < 4.78 is 34.4. The van der Waals surface area contributed by atoms with Crippen LogP contribution in [0.15, 0.2) is 71.6 Å². The van der Waals surface area contributed by atoms with E-state index in [1.807, 2.05) is 78.7 Å². The molecule has 0 fully saturated rings. The van der Waals surface area contributed by atoms with Gasteiger partial charge in [0.15, 0.2) is 0 Å². The third-order valence-electron chi connectivity index (χ3n) is 5.76. The Morgan fingerprint density at radius 1 is 0.972 bits per heavy atom. The van der Waals surface area contributed by atoms with Gasteiger partial charge in [0, 0.05) is 21.8 Å². The van der Waals surface area contributed by atoms with E-state index in [1.165, 1.54) is 6.07 Å². The zero-order valence-corrected chi connectivity index (χ0v) is 21.9. The number of sulfonamides is 1. The van der Waals surface area contributed by atoms with Crippen LogP contribution in [-0.4, -0.2) is 30.9 Å². The smallest absolute Gasteiger partial charge is 0.421 e. The lowest BCUT2D eigenvalue weighted by atomic mass is 10.0. The fraction of sp³-hybridized carbons (Fsp3) is 0.185. The Hall–Kier alpha value is -3.62. The minimum Gasteiger partial charge on any atom is -0.449 e. The van der Waals surface area contributed by atoms with Crippen molar-refractivity contribution in [3.63, 3.8) is 0 Å². The van der Waals surface area contributed by atoms with Gasteiger partial charge in [-0.15, -0.1) is 0 Å². The number of ether oxygens (including phenoxy) is 1. The maximum Gasteiger partial charge on any atom is 0.421 e. The summed E-state index contributed by atoms with van der Waals surface area (Å²) in [5.41, 5.74) is 6.81. The number of rotatable bonds is 6. The molecule has 186 valence electrons. The predicted octanol–water partition coefficient (Wildman–Crippen LogP) is 6.22. The number of aromatic nitrogens is 2.